The molecule has 1 unspecified atom stereocenters. The van der Waals surface area contributed by atoms with E-state index < -0.39 is 17.6 Å². The topological polar surface area (TPSA) is 12.0 Å². The molecule has 0 saturated carbocycles. The fourth-order valence-corrected chi connectivity index (χ4v) is 1.93. The molecule has 1 aromatic rings. The average molecular weight is 295 g/mol. The molecule has 0 saturated heterocycles. The maximum atomic E-state index is 13.1. The van der Waals surface area contributed by atoms with E-state index in [1.807, 2.05) is 6.26 Å². The number of alkyl halides is 3. The summed E-state index contributed by atoms with van der Waals surface area (Å²) in [6.45, 7) is 3.01. The van der Waals surface area contributed by atoms with Crippen molar-refractivity contribution in [2.75, 3.05) is 12.8 Å². The van der Waals surface area contributed by atoms with E-state index in [1.165, 1.54) is 0 Å². The van der Waals surface area contributed by atoms with E-state index in [1.54, 1.807) is 11.8 Å². The third-order valence-corrected chi connectivity index (χ3v) is 3.78. The summed E-state index contributed by atoms with van der Waals surface area (Å²) >= 11 is 1.73. The van der Waals surface area contributed by atoms with Crippen LogP contribution >= 0.6 is 11.8 Å². The first-order valence-electron chi connectivity index (χ1n) is 5.93. The largest absolute Gasteiger partial charge is 0.416 e. The van der Waals surface area contributed by atoms with Crippen molar-refractivity contribution in [3.8, 4) is 0 Å². The van der Waals surface area contributed by atoms with Crippen molar-refractivity contribution in [2.45, 2.75) is 31.3 Å². The van der Waals surface area contributed by atoms with Crippen LogP contribution in [0.25, 0.3) is 0 Å². The number of benzene rings is 1. The zero-order chi connectivity index (χ0) is 14.5. The highest BCUT2D eigenvalue weighted by Gasteiger charge is 2.31. The van der Waals surface area contributed by atoms with Gasteiger partial charge in [0.1, 0.15) is 5.82 Å². The van der Waals surface area contributed by atoms with Gasteiger partial charge in [-0.05, 0) is 43.0 Å². The van der Waals surface area contributed by atoms with Gasteiger partial charge >= 0.3 is 6.18 Å². The summed E-state index contributed by atoms with van der Waals surface area (Å²) < 4.78 is 50.6. The minimum atomic E-state index is -4.51. The fraction of sp³-hybridized carbons (Fsp3) is 0.538. The summed E-state index contributed by atoms with van der Waals surface area (Å²) in [5.74, 6) is -0.857. The smallest absolute Gasteiger partial charge is 0.313 e. The van der Waals surface area contributed by atoms with Crippen molar-refractivity contribution in [2.24, 2.45) is 0 Å². The van der Waals surface area contributed by atoms with Crippen LogP contribution in [-0.2, 0) is 12.7 Å². The second-order valence-electron chi connectivity index (χ2n) is 4.36. The highest BCUT2D eigenvalue weighted by molar-refractivity contribution is 7.99. The van der Waals surface area contributed by atoms with Crippen LogP contribution in [0.5, 0.6) is 0 Å². The third-order valence-electron chi connectivity index (χ3n) is 2.74. The van der Waals surface area contributed by atoms with Crippen LogP contribution in [-0.4, -0.2) is 18.1 Å². The van der Waals surface area contributed by atoms with E-state index in [0.717, 1.165) is 18.6 Å². The first-order valence-corrected chi connectivity index (χ1v) is 7.22. The lowest BCUT2D eigenvalue weighted by molar-refractivity contribution is -0.137. The maximum Gasteiger partial charge on any atom is 0.416 e. The van der Waals surface area contributed by atoms with Gasteiger partial charge in [0.05, 0.1) is 5.56 Å². The molecule has 19 heavy (non-hydrogen) atoms. The van der Waals surface area contributed by atoms with Gasteiger partial charge in [-0.25, -0.2) is 4.39 Å². The van der Waals surface area contributed by atoms with E-state index in [0.29, 0.717) is 23.4 Å². The van der Waals surface area contributed by atoms with Crippen molar-refractivity contribution in [3.63, 3.8) is 0 Å². The Balaban J connectivity index is 2.57. The molecule has 6 heteroatoms. The van der Waals surface area contributed by atoms with Crippen LogP contribution in [0.4, 0.5) is 17.6 Å². The van der Waals surface area contributed by atoms with Gasteiger partial charge < -0.3 is 5.32 Å². The molecule has 0 aliphatic rings. The van der Waals surface area contributed by atoms with Gasteiger partial charge in [-0.1, -0.05) is 6.92 Å². The first kappa shape index (κ1) is 16.3. The summed E-state index contributed by atoms with van der Waals surface area (Å²) in [5, 5.41) is 3.52. The van der Waals surface area contributed by atoms with Gasteiger partial charge in [0, 0.05) is 11.8 Å². The lowest BCUT2D eigenvalue weighted by atomic mass is 10.1. The Hall–Kier alpha value is -0.750. The Morgan fingerprint density at radius 2 is 1.95 bits per heavy atom. The SMILES string of the molecule is CSC(C)CCNCc1cc(F)cc(C(F)(F)F)c1. The van der Waals surface area contributed by atoms with E-state index in [4.69, 9.17) is 0 Å². The number of hydrogen-bond acceptors (Lipinski definition) is 2. The number of rotatable bonds is 6. The minimum Gasteiger partial charge on any atom is -0.313 e. The molecule has 1 nitrogen and oxygen atoms in total. The van der Waals surface area contributed by atoms with Gasteiger partial charge in [0.2, 0.25) is 0 Å². The van der Waals surface area contributed by atoms with Gasteiger partial charge in [0.25, 0.3) is 0 Å². The van der Waals surface area contributed by atoms with Crippen LogP contribution in [0.1, 0.15) is 24.5 Å². The zero-order valence-corrected chi connectivity index (χ0v) is 11.7. The molecule has 0 fully saturated rings. The Labute approximate surface area is 114 Å². The molecule has 0 aliphatic carbocycles. The van der Waals surface area contributed by atoms with Crippen LogP contribution < -0.4 is 5.32 Å². The van der Waals surface area contributed by atoms with Crippen LogP contribution in [0, 0.1) is 5.82 Å². The van der Waals surface area contributed by atoms with E-state index in [-0.39, 0.29) is 6.54 Å². The molecule has 0 aromatic heterocycles. The number of halogens is 4. The molecule has 108 valence electrons. The normalized spacial score (nSPS) is 13.6. The third kappa shape index (κ3) is 5.82. The Morgan fingerprint density at radius 1 is 1.26 bits per heavy atom. The first-order chi connectivity index (χ1) is 8.82. The monoisotopic (exact) mass is 295 g/mol. The van der Waals surface area contributed by atoms with E-state index >= 15 is 0 Å². The fourth-order valence-electron chi connectivity index (χ4n) is 1.57. The molecule has 1 aromatic carbocycles. The second-order valence-corrected chi connectivity index (χ2v) is 5.63. The van der Waals surface area contributed by atoms with Crippen LogP contribution in [0.15, 0.2) is 18.2 Å². The van der Waals surface area contributed by atoms with Gasteiger partial charge in [-0.3, -0.25) is 0 Å². The zero-order valence-electron chi connectivity index (χ0n) is 10.9. The highest BCUT2D eigenvalue weighted by atomic mass is 32.2. The second kappa shape index (κ2) is 7.14. The minimum absolute atomic E-state index is 0.238. The maximum absolute atomic E-state index is 13.1. The van der Waals surface area contributed by atoms with Crippen LogP contribution in [0.3, 0.4) is 0 Å². The highest BCUT2D eigenvalue weighted by Crippen LogP contribution is 2.30. The summed E-state index contributed by atoms with van der Waals surface area (Å²) in [6.07, 6.45) is -1.58. The molecule has 1 rings (SSSR count). The Kier molecular flexibility index (Phi) is 6.13. The molecule has 0 aliphatic heterocycles. The molecule has 0 spiro atoms. The molecule has 0 heterocycles. The molecule has 1 N–H and O–H groups in total. The van der Waals surface area contributed by atoms with Crippen molar-refractivity contribution >= 4 is 11.8 Å². The van der Waals surface area contributed by atoms with Gasteiger partial charge in [-0.2, -0.15) is 24.9 Å². The predicted molar refractivity (Wildman–Crippen MR) is 70.7 cm³/mol. The van der Waals surface area contributed by atoms with Crippen LogP contribution in [0.2, 0.25) is 0 Å². The van der Waals surface area contributed by atoms with E-state index in [9.17, 15) is 17.6 Å². The Bertz CT molecular complexity index is 406. The molecule has 1 atom stereocenters. The lowest BCUT2D eigenvalue weighted by Crippen LogP contribution is -2.18. The van der Waals surface area contributed by atoms with Crippen molar-refractivity contribution < 1.29 is 17.6 Å². The standard InChI is InChI=1S/C13H17F4NS/c1-9(19-2)3-4-18-8-10-5-11(13(15,16)17)7-12(14)6-10/h5-7,9,18H,3-4,8H2,1-2H3. The van der Waals surface area contributed by atoms with Crippen molar-refractivity contribution in [1.82, 2.24) is 5.32 Å². The molecular weight excluding hydrogens is 278 g/mol. The molecular formula is C13H17F4NS. The van der Waals surface area contributed by atoms with E-state index in [2.05, 4.69) is 12.2 Å². The van der Waals surface area contributed by atoms with Crippen molar-refractivity contribution in [3.05, 3.63) is 35.1 Å². The average Bonchev–Trinajstić information content (AvgIpc) is 2.32. The van der Waals surface area contributed by atoms with Gasteiger partial charge in [-0.15, -0.1) is 0 Å². The summed E-state index contributed by atoms with van der Waals surface area (Å²) in [4.78, 5) is 0. The lowest BCUT2D eigenvalue weighted by Gasteiger charge is -2.11. The summed E-state index contributed by atoms with van der Waals surface area (Å²) in [6, 6.07) is 2.62. The van der Waals surface area contributed by atoms with Gasteiger partial charge in [0.15, 0.2) is 0 Å². The summed E-state index contributed by atoms with van der Waals surface area (Å²) in [5.41, 5.74) is -0.633. The number of hydrogen-bond donors (Lipinski definition) is 1. The summed E-state index contributed by atoms with van der Waals surface area (Å²) in [7, 11) is 0. The molecule has 0 bridgehead atoms. The predicted octanol–water partition coefficient (Wildman–Crippen LogP) is 4.08. The van der Waals surface area contributed by atoms with Crippen molar-refractivity contribution in [1.29, 1.82) is 0 Å². The number of thioether (sulfide) groups is 1. The molecule has 0 radical (unpaired) electrons. The quantitative estimate of drug-likeness (QED) is 0.627. The number of nitrogens with one attached hydrogen (secondary N) is 1. The Morgan fingerprint density at radius 3 is 2.53 bits per heavy atom. The molecule has 0 amide bonds.